The van der Waals surface area contributed by atoms with Gasteiger partial charge in [-0.2, -0.15) is 0 Å². The predicted octanol–water partition coefficient (Wildman–Crippen LogP) is 2.32. The summed E-state index contributed by atoms with van der Waals surface area (Å²) in [6, 6.07) is 0. The first-order valence-electron chi connectivity index (χ1n) is 2.55. The van der Waals surface area contributed by atoms with Crippen molar-refractivity contribution in [2.24, 2.45) is 5.14 Å². The molecule has 0 aromatic heterocycles. The summed E-state index contributed by atoms with van der Waals surface area (Å²) in [5.41, 5.74) is 0. The third kappa shape index (κ3) is 17.1. The SMILES string of the molecule is C=C/C=C\SN.CC. The Labute approximate surface area is 55.8 Å². The van der Waals surface area contributed by atoms with E-state index in [0.29, 0.717) is 0 Å². The highest BCUT2D eigenvalue weighted by molar-refractivity contribution is 7.99. The summed E-state index contributed by atoms with van der Waals surface area (Å²) in [6.45, 7) is 7.44. The van der Waals surface area contributed by atoms with Crippen molar-refractivity contribution >= 4 is 11.9 Å². The first-order valence-corrected chi connectivity index (χ1v) is 3.49. The van der Waals surface area contributed by atoms with Crippen LogP contribution in [-0.2, 0) is 0 Å². The van der Waals surface area contributed by atoms with Crippen LogP contribution in [0, 0.1) is 0 Å². The van der Waals surface area contributed by atoms with Crippen LogP contribution in [0.3, 0.4) is 0 Å². The van der Waals surface area contributed by atoms with Crippen molar-refractivity contribution < 1.29 is 0 Å². The van der Waals surface area contributed by atoms with Gasteiger partial charge in [0.25, 0.3) is 0 Å². The Morgan fingerprint density at radius 1 is 1.50 bits per heavy atom. The minimum Gasteiger partial charge on any atom is -0.274 e. The highest BCUT2D eigenvalue weighted by atomic mass is 32.2. The number of hydrogen-bond acceptors (Lipinski definition) is 2. The fourth-order valence-electron chi connectivity index (χ4n) is 0.101. The summed E-state index contributed by atoms with van der Waals surface area (Å²) < 4.78 is 0. The van der Waals surface area contributed by atoms with Gasteiger partial charge in [-0.1, -0.05) is 44.5 Å². The van der Waals surface area contributed by atoms with Gasteiger partial charge in [-0.3, -0.25) is 5.14 Å². The van der Waals surface area contributed by atoms with Gasteiger partial charge in [-0.15, -0.1) is 0 Å². The molecule has 8 heavy (non-hydrogen) atoms. The lowest BCUT2D eigenvalue weighted by Gasteiger charge is -1.68. The van der Waals surface area contributed by atoms with E-state index in [9.17, 15) is 0 Å². The standard InChI is InChI=1S/C4H7NS.C2H6/c1-2-3-4-6-5;1-2/h2-4H,1,5H2;1-2H3/b4-3-;. The third-order valence-corrected chi connectivity index (χ3v) is 0.607. The van der Waals surface area contributed by atoms with Crippen LogP contribution < -0.4 is 5.14 Å². The zero-order valence-corrected chi connectivity index (χ0v) is 6.24. The molecule has 0 radical (unpaired) electrons. The first-order chi connectivity index (χ1) is 3.91. The van der Waals surface area contributed by atoms with Gasteiger partial charge in [-0.25, -0.2) is 0 Å². The van der Waals surface area contributed by atoms with Crippen LogP contribution in [0.1, 0.15) is 13.8 Å². The molecular weight excluding hydrogens is 118 g/mol. The van der Waals surface area contributed by atoms with Crippen molar-refractivity contribution in [3.8, 4) is 0 Å². The Hall–Kier alpha value is -0.210. The molecule has 0 aromatic rings. The second-order valence-electron chi connectivity index (χ2n) is 0.700. The molecule has 0 bridgehead atoms. The summed E-state index contributed by atoms with van der Waals surface area (Å²) in [5, 5.41) is 6.75. The van der Waals surface area contributed by atoms with Crippen LogP contribution in [0.25, 0.3) is 0 Å². The maximum atomic E-state index is 5.00. The summed E-state index contributed by atoms with van der Waals surface area (Å²) in [6.07, 6.45) is 3.46. The van der Waals surface area contributed by atoms with E-state index < -0.39 is 0 Å². The van der Waals surface area contributed by atoms with Crippen LogP contribution in [-0.4, -0.2) is 0 Å². The summed E-state index contributed by atoms with van der Waals surface area (Å²) >= 11 is 1.17. The highest BCUT2D eigenvalue weighted by Gasteiger charge is 1.54. The maximum Gasteiger partial charge on any atom is -0.0139 e. The Balaban J connectivity index is 0. The molecule has 1 nitrogen and oxygen atoms in total. The van der Waals surface area contributed by atoms with Gasteiger partial charge in [0.15, 0.2) is 0 Å². The fourth-order valence-corrected chi connectivity index (χ4v) is 0.303. The molecule has 0 aliphatic carbocycles. The van der Waals surface area contributed by atoms with Gasteiger partial charge in [-0.05, 0) is 5.41 Å². The van der Waals surface area contributed by atoms with Gasteiger partial charge < -0.3 is 0 Å². The van der Waals surface area contributed by atoms with Crippen LogP contribution in [0.5, 0.6) is 0 Å². The summed E-state index contributed by atoms with van der Waals surface area (Å²) in [4.78, 5) is 0. The normalized spacial score (nSPS) is 7.88. The third-order valence-electron chi connectivity index (χ3n) is 0.293. The zero-order valence-electron chi connectivity index (χ0n) is 5.42. The molecule has 0 saturated carbocycles. The molecule has 0 aromatic carbocycles. The molecular formula is C6H13NS. The Morgan fingerprint density at radius 2 is 2.00 bits per heavy atom. The minimum atomic E-state index is 1.17. The molecule has 0 amide bonds. The smallest absolute Gasteiger partial charge is 0.0139 e. The first kappa shape index (κ1) is 10.7. The van der Waals surface area contributed by atoms with Gasteiger partial charge in [0.05, 0.1) is 0 Å². The molecule has 0 spiro atoms. The zero-order chi connectivity index (χ0) is 6.83. The van der Waals surface area contributed by atoms with Gasteiger partial charge in [0, 0.05) is 0 Å². The molecule has 2 heteroatoms. The van der Waals surface area contributed by atoms with E-state index in [1.54, 1.807) is 17.6 Å². The lowest BCUT2D eigenvalue weighted by atomic mass is 10.6. The monoisotopic (exact) mass is 131 g/mol. The second-order valence-corrected chi connectivity index (χ2v) is 1.24. The molecule has 0 atom stereocenters. The van der Waals surface area contributed by atoms with Crippen LogP contribution >= 0.6 is 11.9 Å². The van der Waals surface area contributed by atoms with Crippen LogP contribution in [0.15, 0.2) is 24.1 Å². The van der Waals surface area contributed by atoms with Crippen LogP contribution in [0.2, 0.25) is 0 Å². The summed E-state index contributed by atoms with van der Waals surface area (Å²) in [5.74, 6) is 0. The summed E-state index contributed by atoms with van der Waals surface area (Å²) in [7, 11) is 0. The average Bonchev–Trinajstić information content (AvgIpc) is 1.88. The van der Waals surface area contributed by atoms with Gasteiger partial charge >= 0.3 is 0 Å². The van der Waals surface area contributed by atoms with E-state index in [1.807, 2.05) is 13.8 Å². The van der Waals surface area contributed by atoms with Crippen molar-refractivity contribution in [2.45, 2.75) is 13.8 Å². The van der Waals surface area contributed by atoms with E-state index >= 15 is 0 Å². The number of rotatable bonds is 2. The number of allylic oxidation sites excluding steroid dienone is 2. The molecule has 0 aliphatic rings. The average molecular weight is 131 g/mol. The van der Waals surface area contributed by atoms with Gasteiger partial charge in [0.1, 0.15) is 0 Å². The molecule has 2 N–H and O–H groups in total. The molecule has 48 valence electrons. The highest BCUT2D eigenvalue weighted by Crippen LogP contribution is 1.85. The Bertz CT molecular complexity index is 59.5. The molecule has 0 fully saturated rings. The molecule has 0 rings (SSSR count). The predicted molar refractivity (Wildman–Crippen MR) is 42.5 cm³/mol. The molecule has 0 aliphatic heterocycles. The van der Waals surface area contributed by atoms with E-state index in [-0.39, 0.29) is 0 Å². The minimum absolute atomic E-state index is 1.17. The van der Waals surface area contributed by atoms with Crippen molar-refractivity contribution in [2.75, 3.05) is 0 Å². The molecule has 0 saturated heterocycles. The fraction of sp³-hybridized carbons (Fsp3) is 0.333. The van der Waals surface area contributed by atoms with Crippen molar-refractivity contribution in [3.63, 3.8) is 0 Å². The molecule has 0 unspecified atom stereocenters. The lowest BCUT2D eigenvalue weighted by molar-refractivity contribution is 1.50. The second kappa shape index (κ2) is 15.8. The van der Waals surface area contributed by atoms with Gasteiger partial charge in [0.2, 0.25) is 0 Å². The van der Waals surface area contributed by atoms with Crippen molar-refractivity contribution in [1.82, 2.24) is 0 Å². The quantitative estimate of drug-likeness (QED) is 0.459. The largest absolute Gasteiger partial charge is 0.274 e. The van der Waals surface area contributed by atoms with E-state index in [4.69, 9.17) is 5.14 Å². The topological polar surface area (TPSA) is 26.0 Å². The van der Waals surface area contributed by atoms with Crippen molar-refractivity contribution in [1.29, 1.82) is 0 Å². The van der Waals surface area contributed by atoms with E-state index in [1.165, 1.54) is 11.9 Å². The maximum absolute atomic E-state index is 5.00. The van der Waals surface area contributed by atoms with E-state index in [2.05, 4.69) is 6.58 Å². The van der Waals surface area contributed by atoms with E-state index in [0.717, 1.165) is 0 Å². The number of nitrogens with two attached hydrogens (primary N) is 1. The Kier molecular flexibility index (Phi) is 21.2. The van der Waals surface area contributed by atoms with Crippen LogP contribution in [0.4, 0.5) is 0 Å². The molecule has 0 heterocycles. The van der Waals surface area contributed by atoms with Crippen molar-refractivity contribution in [3.05, 3.63) is 24.1 Å². The number of hydrogen-bond donors (Lipinski definition) is 1. The Morgan fingerprint density at radius 3 is 2.12 bits per heavy atom. The lowest BCUT2D eigenvalue weighted by Crippen LogP contribution is -1.65.